The van der Waals surface area contributed by atoms with Gasteiger partial charge in [0.25, 0.3) is 0 Å². The number of sulfonamides is 1. The van der Waals surface area contributed by atoms with E-state index in [1.165, 1.54) is 0 Å². The SMILES string of the molecule is CC(CCl)C(C)NS(C)(=O)=O. The summed E-state index contributed by atoms with van der Waals surface area (Å²) in [5.74, 6) is 0.621. The number of hydrogen-bond donors (Lipinski definition) is 1. The van der Waals surface area contributed by atoms with Gasteiger partial charge < -0.3 is 0 Å². The minimum atomic E-state index is -3.09. The molecule has 0 aromatic rings. The summed E-state index contributed by atoms with van der Waals surface area (Å²) in [6, 6.07) is -0.0949. The molecule has 1 N–H and O–H groups in total. The summed E-state index contributed by atoms with van der Waals surface area (Å²) < 4.78 is 23.9. The predicted octanol–water partition coefficient (Wildman–Crippen LogP) is 0.799. The Balaban J connectivity index is 3.98. The Morgan fingerprint density at radius 1 is 1.45 bits per heavy atom. The summed E-state index contributed by atoms with van der Waals surface area (Å²) in [5, 5.41) is 0. The van der Waals surface area contributed by atoms with Gasteiger partial charge in [-0.05, 0) is 12.8 Å². The molecule has 0 heterocycles. The molecule has 0 aromatic heterocycles. The fraction of sp³-hybridized carbons (Fsp3) is 1.00. The first-order chi connectivity index (χ1) is 4.87. The van der Waals surface area contributed by atoms with Crippen molar-refractivity contribution in [1.29, 1.82) is 0 Å². The Bertz CT molecular complexity index is 203. The van der Waals surface area contributed by atoms with Crippen molar-refractivity contribution in [3.63, 3.8) is 0 Å². The van der Waals surface area contributed by atoms with Crippen molar-refractivity contribution in [1.82, 2.24) is 4.72 Å². The monoisotopic (exact) mass is 199 g/mol. The van der Waals surface area contributed by atoms with Gasteiger partial charge in [-0.15, -0.1) is 11.6 Å². The van der Waals surface area contributed by atoms with Crippen LogP contribution in [0.1, 0.15) is 13.8 Å². The maximum absolute atomic E-state index is 10.7. The van der Waals surface area contributed by atoms with Crippen molar-refractivity contribution in [2.24, 2.45) is 5.92 Å². The first-order valence-electron chi connectivity index (χ1n) is 3.40. The van der Waals surface area contributed by atoms with Crippen molar-refractivity contribution in [2.75, 3.05) is 12.1 Å². The molecule has 0 aliphatic carbocycles. The van der Waals surface area contributed by atoms with Crippen molar-refractivity contribution in [3.8, 4) is 0 Å². The van der Waals surface area contributed by atoms with Crippen LogP contribution in [0.5, 0.6) is 0 Å². The van der Waals surface area contributed by atoms with Gasteiger partial charge in [-0.3, -0.25) is 0 Å². The highest BCUT2D eigenvalue weighted by atomic mass is 35.5. The Kier molecular flexibility index (Phi) is 4.36. The average molecular weight is 200 g/mol. The standard InChI is InChI=1S/C6H14ClNO2S/c1-5(4-7)6(2)8-11(3,9)10/h5-6,8H,4H2,1-3H3. The van der Waals surface area contributed by atoms with E-state index in [4.69, 9.17) is 11.6 Å². The van der Waals surface area contributed by atoms with E-state index in [9.17, 15) is 8.42 Å². The van der Waals surface area contributed by atoms with Crippen LogP contribution >= 0.6 is 11.6 Å². The minimum Gasteiger partial charge on any atom is -0.213 e. The van der Waals surface area contributed by atoms with Crippen LogP contribution in [0.15, 0.2) is 0 Å². The van der Waals surface area contributed by atoms with Crippen molar-refractivity contribution in [3.05, 3.63) is 0 Å². The highest BCUT2D eigenvalue weighted by molar-refractivity contribution is 7.88. The predicted molar refractivity (Wildman–Crippen MR) is 47.3 cm³/mol. The Labute approximate surface area is 73.2 Å². The van der Waals surface area contributed by atoms with Gasteiger partial charge in [-0.2, -0.15) is 0 Å². The molecule has 0 aliphatic heterocycles. The van der Waals surface area contributed by atoms with Crippen LogP contribution in [0.2, 0.25) is 0 Å². The molecule has 0 rings (SSSR count). The second kappa shape index (κ2) is 4.28. The molecule has 2 atom stereocenters. The largest absolute Gasteiger partial charge is 0.213 e. The summed E-state index contributed by atoms with van der Waals surface area (Å²) in [4.78, 5) is 0. The maximum atomic E-state index is 10.7. The molecular formula is C6H14ClNO2S. The molecule has 0 aromatic carbocycles. The maximum Gasteiger partial charge on any atom is 0.208 e. The second-order valence-corrected chi connectivity index (χ2v) is 4.90. The zero-order valence-electron chi connectivity index (χ0n) is 6.96. The molecule has 2 unspecified atom stereocenters. The summed E-state index contributed by atoms with van der Waals surface area (Å²) in [6.07, 6.45) is 1.14. The van der Waals surface area contributed by atoms with Crippen LogP contribution in [-0.2, 0) is 10.0 Å². The van der Waals surface area contributed by atoms with Crippen molar-refractivity contribution >= 4 is 21.6 Å². The van der Waals surface area contributed by atoms with E-state index in [0.29, 0.717) is 5.88 Å². The molecule has 0 saturated carbocycles. The van der Waals surface area contributed by atoms with E-state index < -0.39 is 10.0 Å². The van der Waals surface area contributed by atoms with Crippen LogP contribution in [-0.4, -0.2) is 26.6 Å². The molecule has 0 amide bonds. The quantitative estimate of drug-likeness (QED) is 0.681. The lowest BCUT2D eigenvalue weighted by Crippen LogP contribution is -2.36. The summed E-state index contributed by atoms with van der Waals surface area (Å²) in [5.41, 5.74) is 0. The molecular weight excluding hydrogens is 186 g/mol. The van der Waals surface area contributed by atoms with E-state index in [1.807, 2.05) is 6.92 Å². The third kappa shape index (κ3) is 5.47. The Hall–Kier alpha value is 0.200. The van der Waals surface area contributed by atoms with Gasteiger partial charge in [0.1, 0.15) is 0 Å². The first-order valence-corrected chi connectivity index (χ1v) is 5.82. The number of halogens is 1. The lowest BCUT2D eigenvalue weighted by atomic mass is 10.1. The Morgan fingerprint density at radius 2 is 1.91 bits per heavy atom. The zero-order chi connectivity index (χ0) is 9.07. The lowest BCUT2D eigenvalue weighted by Gasteiger charge is -2.17. The molecule has 0 radical (unpaired) electrons. The van der Waals surface area contributed by atoms with E-state index in [1.54, 1.807) is 6.92 Å². The van der Waals surface area contributed by atoms with Gasteiger partial charge in [0, 0.05) is 11.9 Å². The second-order valence-electron chi connectivity index (χ2n) is 2.81. The van der Waals surface area contributed by atoms with Crippen LogP contribution in [0.25, 0.3) is 0 Å². The number of rotatable bonds is 4. The van der Waals surface area contributed by atoms with E-state index >= 15 is 0 Å². The molecule has 0 saturated heterocycles. The molecule has 5 heteroatoms. The van der Waals surface area contributed by atoms with Gasteiger partial charge >= 0.3 is 0 Å². The molecule has 3 nitrogen and oxygen atoms in total. The van der Waals surface area contributed by atoms with Crippen molar-refractivity contribution in [2.45, 2.75) is 19.9 Å². The van der Waals surface area contributed by atoms with Gasteiger partial charge in [0.15, 0.2) is 0 Å². The topological polar surface area (TPSA) is 46.2 Å². The summed E-state index contributed by atoms with van der Waals surface area (Å²) >= 11 is 5.54. The minimum absolute atomic E-state index is 0.0949. The lowest BCUT2D eigenvalue weighted by molar-refractivity contribution is 0.483. The number of alkyl halides is 1. The molecule has 0 aliphatic rings. The first kappa shape index (κ1) is 11.2. The number of nitrogens with one attached hydrogen (secondary N) is 1. The van der Waals surface area contributed by atoms with E-state index in [-0.39, 0.29) is 12.0 Å². The van der Waals surface area contributed by atoms with Gasteiger partial charge in [0.2, 0.25) is 10.0 Å². The average Bonchev–Trinajstić information content (AvgIpc) is 1.82. The van der Waals surface area contributed by atoms with Crippen LogP contribution in [0, 0.1) is 5.92 Å². The highest BCUT2D eigenvalue weighted by Crippen LogP contribution is 2.04. The van der Waals surface area contributed by atoms with Crippen molar-refractivity contribution < 1.29 is 8.42 Å². The van der Waals surface area contributed by atoms with Gasteiger partial charge in [0.05, 0.1) is 6.26 Å². The summed E-state index contributed by atoms with van der Waals surface area (Å²) in [7, 11) is -3.09. The highest BCUT2D eigenvalue weighted by Gasteiger charge is 2.14. The summed E-state index contributed by atoms with van der Waals surface area (Å²) in [6.45, 7) is 3.70. The smallest absolute Gasteiger partial charge is 0.208 e. The Morgan fingerprint density at radius 3 is 2.18 bits per heavy atom. The zero-order valence-corrected chi connectivity index (χ0v) is 8.54. The van der Waals surface area contributed by atoms with E-state index in [0.717, 1.165) is 6.26 Å². The van der Waals surface area contributed by atoms with Gasteiger partial charge in [-0.1, -0.05) is 6.92 Å². The molecule has 0 fully saturated rings. The normalized spacial score (nSPS) is 17.8. The number of hydrogen-bond acceptors (Lipinski definition) is 2. The fourth-order valence-electron chi connectivity index (χ4n) is 0.587. The van der Waals surface area contributed by atoms with Crippen LogP contribution < -0.4 is 4.72 Å². The molecule has 68 valence electrons. The molecule has 0 spiro atoms. The molecule has 11 heavy (non-hydrogen) atoms. The van der Waals surface area contributed by atoms with Crippen LogP contribution in [0.4, 0.5) is 0 Å². The van der Waals surface area contributed by atoms with Gasteiger partial charge in [-0.25, -0.2) is 13.1 Å². The van der Waals surface area contributed by atoms with Crippen LogP contribution in [0.3, 0.4) is 0 Å². The third-order valence-electron chi connectivity index (χ3n) is 1.50. The molecule has 0 bridgehead atoms. The fourth-order valence-corrected chi connectivity index (χ4v) is 1.76. The van der Waals surface area contributed by atoms with E-state index in [2.05, 4.69) is 4.72 Å². The third-order valence-corrected chi connectivity index (χ3v) is 2.78.